The number of aromatic nitrogens is 1. The highest BCUT2D eigenvalue weighted by molar-refractivity contribution is 5.95. The molecule has 2 aromatic rings. The average Bonchev–Trinajstić information content (AvgIpc) is 2.84. The molecular formula is C25H29N5O6. The fourth-order valence-corrected chi connectivity index (χ4v) is 4.00. The Balaban J connectivity index is 1.88. The van der Waals surface area contributed by atoms with Crippen LogP contribution in [-0.4, -0.2) is 63.9 Å². The molecule has 1 aromatic carbocycles. The Morgan fingerprint density at radius 1 is 1.25 bits per heavy atom. The van der Waals surface area contributed by atoms with Crippen LogP contribution in [0.5, 0.6) is 0 Å². The predicted molar refractivity (Wildman–Crippen MR) is 131 cm³/mol. The van der Waals surface area contributed by atoms with E-state index in [0.717, 1.165) is 0 Å². The van der Waals surface area contributed by atoms with Gasteiger partial charge in [-0.25, -0.2) is 9.59 Å². The third-order valence-electron chi connectivity index (χ3n) is 5.67. The van der Waals surface area contributed by atoms with Gasteiger partial charge in [0.1, 0.15) is 0 Å². The van der Waals surface area contributed by atoms with Crippen LogP contribution in [0.4, 0.5) is 10.5 Å². The SMILES string of the molecule is CC1=C(C(=O)OC(C)C)C(c2cccc([N+](=O)[O-])c2)N(CCCN(C)C(=O)c2ccncc2)C(=O)N1. The number of amides is 3. The molecule has 0 radical (unpaired) electrons. The van der Waals surface area contributed by atoms with Gasteiger partial charge in [-0.05, 0) is 44.9 Å². The van der Waals surface area contributed by atoms with E-state index in [1.54, 1.807) is 46.0 Å². The van der Waals surface area contributed by atoms with Crippen molar-refractivity contribution in [3.05, 3.63) is 81.3 Å². The molecule has 1 N–H and O–H groups in total. The first-order valence-electron chi connectivity index (χ1n) is 11.5. The zero-order chi connectivity index (χ0) is 26.4. The zero-order valence-electron chi connectivity index (χ0n) is 20.6. The second kappa shape index (κ2) is 11.4. The van der Waals surface area contributed by atoms with E-state index in [1.807, 2.05) is 0 Å². The Hall–Kier alpha value is -4.28. The number of non-ortho nitro benzene ring substituents is 1. The largest absolute Gasteiger partial charge is 0.459 e. The maximum atomic E-state index is 13.1. The predicted octanol–water partition coefficient (Wildman–Crippen LogP) is 3.44. The molecule has 190 valence electrons. The van der Waals surface area contributed by atoms with Gasteiger partial charge in [0.15, 0.2) is 0 Å². The van der Waals surface area contributed by atoms with Crippen molar-refractivity contribution in [1.82, 2.24) is 20.1 Å². The Bertz CT molecular complexity index is 1180. The highest BCUT2D eigenvalue weighted by atomic mass is 16.6. The standard InChI is InChI=1S/C25H29N5O6/c1-16(2)36-24(32)21-17(3)27-25(33)29(22(21)19-7-5-8-20(15-19)30(34)35)14-6-13-28(4)23(31)18-9-11-26-12-10-18/h5,7-12,15-16,22H,6,13-14H2,1-4H3,(H,27,33). The van der Waals surface area contributed by atoms with Crippen molar-refractivity contribution in [3.63, 3.8) is 0 Å². The van der Waals surface area contributed by atoms with E-state index in [1.165, 1.54) is 40.4 Å². The first-order chi connectivity index (χ1) is 17.1. The molecule has 11 nitrogen and oxygen atoms in total. The number of ether oxygens (including phenoxy) is 1. The van der Waals surface area contributed by atoms with Crippen LogP contribution in [0.3, 0.4) is 0 Å². The van der Waals surface area contributed by atoms with Crippen molar-refractivity contribution >= 4 is 23.6 Å². The number of carbonyl (C=O) groups is 3. The normalized spacial score (nSPS) is 15.5. The van der Waals surface area contributed by atoms with Crippen LogP contribution < -0.4 is 5.32 Å². The average molecular weight is 496 g/mol. The van der Waals surface area contributed by atoms with Gasteiger partial charge in [0.25, 0.3) is 11.6 Å². The summed E-state index contributed by atoms with van der Waals surface area (Å²) in [6.07, 6.45) is 3.07. The second-order valence-corrected chi connectivity index (χ2v) is 8.69. The van der Waals surface area contributed by atoms with E-state index in [-0.39, 0.29) is 23.7 Å². The van der Waals surface area contributed by atoms with Gasteiger partial charge in [-0.3, -0.25) is 19.9 Å². The molecule has 1 aliphatic rings. The molecule has 1 aromatic heterocycles. The minimum absolute atomic E-state index is 0.157. The summed E-state index contributed by atoms with van der Waals surface area (Å²) in [6, 6.07) is 7.74. The minimum atomic E-state index is -0.897. The number of nitrogens with zero attached hydrogens (tertiary/aromatic N) is 4. The Labute approximate surface area is 208 Å². The van der Waals surface area contributed by atoms with Crippen LogP contribution in [0.1, 0.15) is 49.2 Å². The van der Waals surface area contributed by atoms with Gasteiger partial charge in [0.05, 0.1) is 22.6 Å². The molecule has 36 heavy (non-hydrogen) atoms. The van der Waals surface area contributed by atoms with Crippen LogP contribution in [0.25, 0.3) is 0 Å². The fourth-order valence-electron chi connectivity index (χ4n) is 4.00. The van der Waals surface area contributed by atoms with Gasteiger partial charge in [-0.1, -0.05) is 12.1 Å². The Morgan fingerprint density at radius 3 is 2.58 bits per heavy atom. The van der Waals surface area contributed by atoms with Crippen LogP contribution >= 0.6 is 0 Å². The van der Waals surface area contributed by atoms with Gasteiger partial charge in [0.2, 0.25) is 0 Å². The molecule has 11 heteroatoms. The molecule has 3 amide bonds. The number of rotatable bonds is 9. The summed E-state index contributed by atoms with van der Waals surface area (Å²) in [6.45, 7) is 5.54. The number of allylic oxidation sites excluding steroid dienone is 1. The van der Waals surface area contributed by atoms with Crippen LogP contribution in [0.2, 0.25) is 0 Å². The van der Waals surface area contributed by atoms with Gasteiger partial charge < -0.3 is 19.9 Å². The number of nitrogens with one attached hydrogen (secondary N) is 1. The van der Waals surface area contributed by atoms with Gasteiger partial charge >= 0.3 is 12.0 Å². The Morgan fingerprint density at radius 2 is 1.94 bits per heavy atom. The molecule has 0 aliphatic carbocycles. The lowest BCUT2D eigenvalue weighted by Gasteiger charge is -2.38. The smallest absolute Gasteiger partial charge is 0.338 e. The first-order valence-corrected chi connectivity index (χ1v) is 11.5. The Kier molecular flexibility index (Phi) is 8.36. The van der Waals surface area contributed by atoms with Crippen molar-refractivity contribution in [2.24, 2.45) is 0 Å². The van der Waals surface area contributed by atoms with E-state index < -0.39 is 29.1 Å². The zero-order valence-corrected chi connectivity index (χ0v) is 20.6. The summed E-state index contributed by atoms with van der Waals surface area (Å²) in [4.78, 5) is 56.5. The van der Waals surface area contributed by atoms with Crippen molar-refractivity contribution < 1.29 is 24.0 Å². The topological polar surface area (TPSA) is 135 Å². The maximum absolute atomic E-state index is 13.1. The molecule has 1 aliphatic heterocycles. The number of urea groups is 1. The van der Waals surface area contributed by atoms with Crippen LogP contribution in [0.15, 0.2) is 60.1 Å². The monoisotopic (exact) mass is 495 g/mol. The molecule has 0 saturated carbocycles. The van der Waals surface area contributed by atoms with E-state index in [9.17, 15) is 24.5 Å². The van der Waals surface area contributed by atoms with Crippen LogP contribution in [0, 0.1) is 10.1 Å². The molecule has 1 atom stereocenters. The number of benzene rings is 1. The second-order valence-electron chi connectivity index (χ2n) is 8.69. The van der Waals surface area contributed by atoms with Gasteiger partial charge in [-0.15, -0.1) is 0 Å². The van der Waals surface area contributed by atoms with Gasteiger partial charge in [-0.2, -0.15) is 0 Å². The lowest BCUT2D eigenvalue weighted by molar-refractivity contribution is -0.384. The fraction of sp³-hybridized carbons (Fsp3) is 0.360. The molecule has 1 unspecified atom stereocenters. The summed E-state index contributed by atoms with van der Waals surface area (Å²) in [5.41, 5.74) is 1.27. The number of nitro groups is 1. The lowest BCUT2D eigenvalue weighted by atomic mass is 9.93. The summed E-state index contributed by atoms with van der Waals surface area (Å²) >= 11 is 0. The van der Waals surface area contributed by atoms with Crippen molar-refractivity contribution in [2.45, 2.75) is 39.3 Å². The highest BCUT2D eigenvalue weighted by Crippen LogP contribution is 2.36. The summed E-state index contributed by atoms with van der Waals surface area (Å²) in [5, 5.41) is 14.1. The molecule has 3 rings (SSSR count). The van der Waals surface area contributed by atoms with E-state index in [4.69, 9.17) is 4.74 Å². The number of pyridine rings is 1. The third kappa shape index (κ3) is 6.04. The lowest BCUT2D eigenvalue weighted by Crippen LogP contribution is -2.49. The van der Waals surface area contributed by atoms with Crippen molar-refractivity contribution in [3.8, 4) is 0 Å². The number of nitro benzene ring substituents is 1. The molecule has 0 fully saturated rings. The van der Waals surface area contributed by atoms with E-state index in [2.05, 4.69) is 10.3 Å². The van der Waals surface area contributed by atoms with E-state index >= 15 is 0 Å². The summed E-state index contributed by atoms with van der Waals surface area (Å²) in [7, 11) is 1.66. The molecule has 0 saturated heterocycles. The van der Waals surface area contributed by atoms with Crippen molar-refractivity contribution in [2.75, 3.05) is 20.1 Å². The van der Waals surface area contributed by atoms with Gasteiger partial charge in [0, 0.05) is 55.9 Å². The summed E-state index contributed by atoms with van der Waals surface area (Å²) < 4.78 is 5.43. The van der Waals surface area contributed by atoms with Crippen LogP contribution in [-0.2, 0) is 9.53 Å². The molecular weight excluding hydrogens is 466 g/mol. The number of carbonyl (C=O) groups excluding carboxylic acids is 3. The van der Waals surface area contributed by atoms with Crippen molar-refractivity contribution in [1.29, 1.82) is 0 Å². The number of hydrogen-bond donors (Lipinski definition) is 1. The first kappa shape index (κ1) is 26.3. The number of hydrogen-bond acceptors (Lipinski definition) is 7. The minimum Gasteiger partial charge on any atom is -0.459 e. The molecule has 2 heterocycles. The molecule has 0 spiro atoms. The highest BCUT2D eigenvalue weighted by Gasteiger charge is 2.39. The third-order valence-corrected chi connectivity index (χ3v) is 5.67. The maximum Gasteiger partial charge on any atom is 0.338 e. The number of esters is 1. The quantitative estimate of drug-likeness (QED) is 0.320. The molecule has 0 bridgehead atoms. The van der Waals surface area contributed by atoms with E-state index in [0.29, 0.717) is 29.8 Å². The summed E-state index contributed by atoms with van der Waals surface area (Å²) in [5.74, 6) is -0.804.